The van der Waals surface area contributed by atoms with Crippen molar-refractivity contribution in [1.82, 2.24) is 20.2 Å². The number of H-pyrrole nitrogens is 1. The normalized spacial score (nSPS) is 22.9. The van der Waals surface area contributed by atoms with Crippen molar-refractivity contribution in [3.63, 3.8) is 0 Å². The topological polar surface area (TPSA) is 99.7 Å². The number of aliphatic imine (C=N–C) groups is 1. The summed E-state index contributed by atoms with van der Waals surface area (Å²) in [6, 6.07) is -0.750. The molecular formula is C19H26BrN5O3. The fraction of sp³-hybridized carbons (Fsp3) is 0.579. The molecule has 0 aromatic carbocycles. The van der Waals surface area contributed by atoms with Crippen LogP contribution in [-0.4, -0.2) is 57.7 Å². The molecule has 0 bridgehead atoms. The van der Waals surface area contributed by atoms with Crippen molar-refractivity contribution < 1.29 is 14.3 Å². The van der Waals surface area contributed by atoms with Crippen LogP contribution in [-0.2, 0) is 9.53 Å². The van der Waals surface area contributed by atoms with Crippen LogP contribution < -0.4 is 5.32 Å². The van der Waals surface area contributed by atoms with Crippen molar-refractivity contribution in [2.24, 2.45) is 10.9 Å². The first-order chi connectivity index (χ1) is 13.4. The zero-order valence-electron chi connectivity index (χ0n) is 16.3. The van der Waals surface area contributed by atoms with E-state index in [-0.39, 0.29) is 23.8 Å². The van der Waals surface area contributed by atoms with Crippen molar-refractivity contribution in [3.05, 3.63) is 29.9 Å². The number of alkyl carbamates (subject to hydrolysis) is 1. The maximum absolute atomic E-state index is 13.1. The first-order valence-electron chi connectivity index (χ1n) is 9.48. The highest BCUT2D eigenvalue weighted by Gasteiger charge is 2.37. The van der Waals surface area contributed by atoms with E-state index in [1.165, 1.54) is 7.11 Å². The minimum absolute atomic E-state index is 0.0521. The summed E-state index contributed by atoms with van der Waals surface area (Å²) in [5.41, 5.74) is 0.988. The minimum Gasteiger partial charge on any atom is -0.453 e. The number of ether oxygens (including phenoxy) is 1. The summed E-state index contributed by atoms with van der Waals surface area (Å²) in [6.07, 6.45) is 6.99. The van der Waals surface area contributed by atoms with E-state index >= 15 is 0 Å². The van der Waals surface area contributed by atoms with E-state index in [0.29, 0.717) is 13.1 Å². The number of likely N-dealkylation sites (tertiary alicyclic amines) is 1. The van der Waals surface area contributed by atoms with Gasteiger partial charge in [-0.2, -0.15) is 0 Å². The number of aromatic nitrogens is 2. The monoisotopic (exact) mass is 451 g/mol. The third kappa shape index (κ3) is 4.45. The molecule has 2 N–H and O–H groups in total. The number of carbonyl (C=O) groups is 2. The van der Waals surface area contributed by atoms with E-state index in [4.69, 9.17) is 0 Å². The van der Waals surface area contributed by atoms with Crippen LogP contribution in [0.2, 0.25) is 0 Å². The molecule has 1 saturated heterocycles. The summed E-state index contributed by atoms with van der Waals surface area (Å²) < 4.78 is 5.52. The van der Waals surface area contributed by atoms with Crippen molar-refractivity contribution in [3.8, 4) is 0 Å². The summed E-state index contributed by atoms with van der Waals surface area (Å²) in [6.45, 7) is 5.11. The highest BCUT2D eigenvalue weighted by atomic mass is 79.9. The van der Waals surface area contributed by atoms with Crippen molar-refractivity contribution in [2.45, 2.75) is 44.7 Å². The standard InChI is InChI=1S/C19H26BrN5O3/c1-11(2)16(24-19(27)28-3)18(26)25-8-4-5-14(25)17-22-10-13(23-17)12-6-7-15(20)21-9-12/h6-7,10-12,14,16H,4-5,8-9H2,1-3H3,(H,22,23)(H,24,27). The minimum atomic E-state index is -0.629. The smallest absolute Gasteiger partial charge is 0.407 e. The van der Waals surface area contributed by atoms with Gasteiger partial charge in [-0.1, -0.05) is 19.9 Å². The molecule has 1 aromatic heterocycles. The molecule has 0 radical (unpaired) electrons. The largest absolute Gasteiger partial charge is 0.453 e. The lowest BCUT2D eigenvalue weighted by Gasteiger charge is -2.30. The Kier molecular flexibility index (Phi) is 6.53. The van der Waals surface area contributed by atoms with Gasteiger partial charge in [-0.15, -0.1) is 0 Å². The van der Waals surface area contributed by atoms with Gasteiger partial charge in [-0.25, -0.2) is 9.78 Å². The lowest BCUT2D eigenvalue weighted by molar-refractivity contribution is -0.135. The number of nitrogens with one attached hydrogen (secondary N) is 2. The van der Waals surface area contributed by atoms with Gasteiger partial charge in [0, 0.05) is 24.4 Å². The van der Waals surface area contributed by atoms with Crippen molar-refractivity contribution in [1.29, 1.82) is 0 Å². The second-order valence-electron chi connectivity index (χ2n) is 7.40. The van der Waals surface area contributed by atoms with Crippen LogP contribution in [0, 0.1) is 5.92 Å². The second kappa shape index (κ2) is 8.89. The molecule has 0 aliphatic carbocycles. The molecule has 3 unspecified atom stereocenters. The van der Waals surface area contributed by atoms with Gasteiger partial charge in [0.15, 0.2) is 0 Å². The molecule has 1 fully saturated rings. The fourth-order valence-electron chi connectivity index (χ4n) is 3.60. The lowest BCUT2D eigenvalue weighted by Crippen LogP contribution is -2.51. The highest BCUT2D eigenvalue weighted by Crippen LogP contribution is 2.32. The molecule has 8 nitrogen and oxygen atoms in total. The number of amides is 2. The zero-order chi connectivity index (χ0) is 20.3. The number of aromatic amines is 1. The Morgan fingerprint density at radius 2 is 2.21 bits per heavy atom. The molecule has 2 aliphatic rings. The van der Waals surface area contributed by atoms with E-state index in [0.717, 1.165) is 29.0 Å². The number of methoxy groups -OCH3 is 1. The van der Waals surface area contributed by atoms with E-state index in [1.54, 1.807) is 0 Å². The van der Waals surface area contributed by atoms with Crippen LogP contribution in [0.1, 0.15) is 50.2 Å². The van der Waals surface area contributed by atoms with E-state index in [2.05, 4.69) is 47.0 Å². The average Bonchev–Trinajstić information content (AvgIpc) is 3.34. The molecule has 3 heterocycles. The van der Waals surface area contributed by atoms with E-state index in [9.17, 15) is 9.59 Å². The Bertz CT molecular complexity index is 788. The maximum atomic E-state index is 13.1. The van der Waals surface area contributed by atoms with E-state index < -0.39 is 12.1 Å². The summed E-state index contributed by atoms with van der Waals surface area (Å²) in [5.74, 6) is 0.775. The van der Waals surface area contributed by atoms with Crippen molar-refractivity contribution >= 4 is 32.6 Å². The molecule has 3 atom stereocenters. The van der Waals surface area contributed by atoms with Crippen LogP contribution in [0.5, 0.6) is 0 Å². The molecule has 3 rings (SSSR count). The van der Waals surface area contributed by atoms with Gasteiger partial charge in [-0.05, 0) is 40.8 Å². The van der Waals surface area contributed by atoms with Gasteiger partial charge in [0.05, 0.1) is 24.3 Å². The predicted octanol–water partition coefficient (Wildman–Crippen LogP) is 2.90. The average molecular weight is 452 g/mol. The SMILES string of the molecule is COC(=O)NC(C(=O)N1CCCC1c1ncc(C2C=CC(Br)=NC2)[nH]1)C(C)C. The molecule has 28 heavy (non-hydrogen) atoms. The number of rotatable bonds is 5. The summed E-state index contributed by atoms with van der Waals surface area (Å²) in [4.78, 5) is 39.0. The molecule has 152 valence electrons. The molecule has 1 aromatic rings. The third-order valence-electron chi connectivity index (χ3n) is 5.16. The molecule has 0 saturated carbocycles. The zero-order valence-corrected chi connectivity index (χ0v) is 17.9. The molecule has 9 heteroatoms. The summed E-state index contributed by atoms with van der Waals surface area (Å²) >= 11 is 3.37. The number of carbonyl (C=O) groups excluding carboxylic acids is 2. The molecule has 0 spiro atoms. The van der Waals surface area contributed by atoms with Gasteiger partial charge in [0.25, 0.3) is 0 Å². The van der Waals surface area contributed by atoms with Crippen LogP contribution in [0.25, 0.3) is 0 Å². The van der Waals surface area contributed by atoms with Crippen LogP contribution >= 0.6 is 15.9 Å². The van der Waals surface area contributed by atoms with Crippen molar-refractivity contribution in [2.75, 3.05) is 20.2 Å². The number of imidazole rings is 1. The Morgan fingerprint density at radius 3 is 2.86 bits per heavy atom. The Hall–Kier alpha value is -2.16. The van der Waals surface area contributed by atoms with Gasteiger partial charge < -0.3 is 19.9 Å². The predicted molar refractivity (Wildman–Crippen MR) is 110 cm³/mol. The first kappa shape index (κ1) is 20.6. The Morgan fingerprint density at radius 1 is 1.43 bits per heavy atom. The fourth-order valence-corrected chi connectivity index (χ4v) is 3.90. The lowest BCUT2D eigenvalue weighted by atomic mass is 10.0. The maximum Gasteiger partial charge on any atom is 0.407 e. The van der Waals surface area contributed by atoms with Gasteiger partial charge in [0.2, 0.25) is 5.91 Å². The number of hydrogen-bond donors (Lipinski definition) is 2. The molecule has 2 amide bonds. The number of halogens is 1. The van der Waals surface area contributed by atoms with Gasteiger partial charge >= 0.3 is 6.09 Å². The van der Waals surface area contributed by atoms with Crippen LogP contribution in [0.15, 0.2) is 23.3 Å². The Labute approximate surface area is 173 Å². The first-order valence-corrected chi connectivity index (χ1v) is 10.3. The molecular weight excluding hydrogens is 426 g/mol. The molecule has 2 aliphatic heterocycles. The van der Waals surface area contributed by atoms with Gasteiger partial charge in [0.1, 0.15) is 11.9 Å². The summed E-state index contributed by atoms with van der Waals surface area (Å²) in [7, 11) is 1.29. The number of nitrogens with zero attached hydrogens (tertiary/aromatic N) is 3. The van der Waals surface area contributed by atoms with Gasteiger partial charge in [-0.3, -0.25) is 9.79 Å². The van der Waals surface area contributed by atoms with E-state index in [1.807, 2.05) is 31.0 Å². The Balaban J connectivity index is 1.74. The van der Waals surface area contributed by atoms with Crippen LogP contribution in [0.4, 0.5) is 4.79 Å². The van der Waals surface area contributed by atoms with Crippen LogP contribution in [0.3, 0.4) is 0 Å². The summed E-state index contributed by atoms with van der Waals surface area (Å²) in [5, 5.41) is 2.66. The highest BCUT2D eigenvalue weighted by molar-refractivity contribution is 9.18. The number of dihydropyridines is 1. The quantitative estimate of drug-likeness (QED) is 0.718. The second-order valence-corrected chi connectivity index (χ2v) is 8.21. The number of allylic oxidation sites excluding steroid dienone is 1. The third-order valence-corrected chi connectivity index (χ3v) is 5.68. The number of hydrogen-bond acceptors (Lipinski definition) is 5.